The Hall–Kier alpha value is -3.43. The summed E-state index contributed by atoms with van der Waals surface area (Å²) >= 11 is 0. The second-order valence-electron chi connectivity index (χ2n) is 6.70. The molecule has 0 aliphatic carbocycles. The van der Waals surface area contributed by atoms with Crippen LogP contribution in [0.2, 0.25) is 0 Å². The molecule has 1 N–H and O–H groups in total. The average molecular weight is 425 g/mol. The molecule has 0 saturated carbocycles. The summed E-state index contributed by atoms with van der Waals surface area (Å²) in [5.74, 6) is 0.696. The first-order valence-corrected chi connectivity index (χ1v) is 10.5. The highest BCUT2D eigenvalue weighted by Gasteiger charge is 2.18. The third-order valence-corrected chi connectivity index (χ3v) is 6.24. The van der Waals surface area contributed by atoms with Crippen LogP contribution >= 0.6 is 0 Å². The van der Waals surface area contributed by atoms with Crippen LogP contribution < -0.4 is 15.0 Å². The van der Waals surface area contributed by atoms with E-state index in [1.165, 1.54) is 29.0 Å². The number of sulfonamides is 1. The van der Waals surface area contributed by atoms with E-state index in [9.17, 15) is 13.2 Å². The highest BCUT2D eigenvalue weighted by Crippen LogP contribution is 2.28. The van der Waals surface area contributed by atoms with E-state index in [0.717, 1.165) is 5.56 Å². The van der Waals surface area contributed by atoms with Gasteiger partial charge in [-0.3, -0.25) is 4.79 Å². The lowest BCUT2D eigenvalue weighted by Gasteiger charge is -2.12. The second-order valence-corrected chi connectivity index (χ2v) is 8.46. The topological polar surface area (TPSA) is 103 Å². The molecular weight excluding hydrogens is 406 g/mol. The van der Waals surface area contributed by atoms with Crippen molar-refractivity contribution in [3.8, 4) is 17.1 Å². The van der Waals surface area contributed by atoms with E-state index in [0.29, 0.717) is 27.9 Å². The number of rotatable bonds is 6. The maximum atomic E-state index is 12.9. The van der Waals surface area contributed by atoms with Gasteiger partial charge in [-0.1, -0.05) is 23.4 Å². The molecule has 0 fully saturated rings. The van der Waals surface area contributed by atoms with Crippen LogP contribution in [0.15, 0.2) is 75.1 Å². The zero-order chi connectivity index (χ0) is 21.3. The van der Waals surface area contributed by atoms with Gasteiger partial charge in [-0.25, -0.2) is 13.1 Å². The first-order valence-electron chi connectivity index (χ1n) is 9.06. The molecule has 30 heavy (non-hydrogen) atoms. The fourth-order valence-electron chi connectivity index (χ4n) is 3.20. The standard InChI is InChI=1S/C21H19N3O5S/c1-24-20(25)11-15-5-8-17(12-18(15)21(24)19-9-10-29-23-19)30(26,27)22-13-14-3-6-16(28-2)7-4-14/h3-12,22H,13H2,1-2H3. The summed E-state index contributed by atoms with van der Waals surface area (Å²) in [6.07, 6.45) is 1.40. The lowest BCUT2D eigenvalue weighted by Crippen LogP contribution is -2.23. The molecule has 0 bridgehead atoms. The zero-order valence-corrected chi connectivity index (χ0v) is 17.1. The molecule has 2 aromatic heterocycles. The van der Waals surface area contributed by atoms with Crippen molar-refractivity contribution in [2.24, 2.45) is 7.05 Å². The van der Waals surface area contributed by atoms with Crippen molar-refractivity contribution >= 4 is 20.8 Å². The molecule has 8 nitrogen and oxygen atoms in total. The van der Waals surface area contributed by atoms with Gasteiger partial charge in [-0.2, -0.15) is 0 Å². The molecule has 0 aliphatic rings. The second kappa shape index (κ2) is 7.77. The predicted molar refractivity (Wildman–Crippen MR) is 112 cm³/mol. The molecule has 0 amide bonds. The van der Waals surface area contributed by atoms with E-state index in [1.54, 1.807) is 50.6 Å². The summed E-state index contributed by atoms with van der Waals surface area (Å²) in [7, 11) is -0.611. The van der Waals surface area contributed by atoms with Crippen molar-refractivity contribution in [3.63, 3.8) is 0 Å². The minimum absolute atomic E-state index is 0.0897. The third kappa shape index (κ3) is 3.72. The maximum absolute atomic E-state index is 12.9. The summed E-state index contributed by atoms with van der Waals surface area (Å²) < 4.78 is 39.8. The van der Waals surface area contributed by atoms with Crippen LogP contribution in [-0.4, -0.2) is 25.3 Å². The number of nitrogens with zero attached hydrogens (tertiary/aromatic N) is 2. The van der Waals surface area contributed by atoms with Crippen LogP contribution in [0.3, 0.4) is 0 Å². The zero-order valence-electron chi connectivity index (χ0n) is 16.3. The van der Waals surface area contributed by atoms with E-state index in [2.05, 4.69) is 9.88 Å². The van der Waals surface area contributed by atoms with Crippen LogP contribution in [0.1, 0.15) is 5.56 Å². The number of fused-ring (bicyclic) bond motifs is 1. The van der Waals surface area contributed by atoms with Crippen molar-refractivity contribution in [1.29, 1.82) is 0 Å². The van der Waals surface area contributed by atoms with Gasteiger partial charge in [0.15, 0.2) is 0 Å². The molecule has 0 aliphatic heterocycles. The van der Waals surface area contributed by atoms with Gasteiger partial charge in [0.25, 0.3) is 5.56 Å². The number of methoxy groups -OCH3 is 1. The Morgan fingerprint density at radius 3 is 2.53 bits per heavy atom. The Morgan fingerprint density at radius 1 is 1.10 bits per heavy atom. The third-order valence-electron chi connectivity index (χ3n) is 4.84. The van der Waals surface area contributed by atoms with Crippen LogP contribution in [0.5, 0.6) is 5.75 Å². The van der Waals surface area contributed by atoms with Gasteiger partial charge in [0, 0.05) is 31.1 Å². The molecule has 0 saturated heterocycles. The highest BCUT2D eigenvalue weighted by atomic mass is 32.2. The molecule has 0 unspecified atom stereocenters. The van der Waals surface area contributed by atoms with Gasteiger partial charge in [0.05, 0.1) is 17.7 Å². The normalized spacial score (nSPS) is 11.7. The molecule has 2 aromatic carbocycles. The number of benzene rings is 2. The lowest BCUT2D eigenvalue weighted by molar-refractivity contribution is 0.414. The molecule has 9 heteroatoms. The largest absolute Gasteiger partial charge is 0.497 e. The van der Waals surface area contributed by atoms with Gasteiger partial charge in [0.2, 0.25) is 10.0 Å². The molecule has 0 spiro atoms. The van der Waals surface area contributed by atoms with Crippen molar-refractivity contribution in [2.45, 2.75) is 11.4 Å². The van der Waals surface area contributed by atoms with E-state index in [4.69, 9.17) is 9.26 Å². The van der Waals surface area contributed by atoms with Gasteiger partial charge in [-0.05, 0) is 35.2 Å². The predicted octanol–water partition coefficient (Wildman–Crippen LogP) is 2.68. The van der Waals surface area contributed by atoms with E-state index in [1.807, 2.05) is 0 Å². The van der Waals surface area contributed by atoms with Crippen LogP contribution in [0.4, 0.5) is 0 Å². The Morgan fingerprint density at radius 2 is 1.87 bits per heavy atom. The first-order chi connectivity index (χ1) is 14.4. The molecular formula is C21H19N3O5S. The van der Waals surface area contributed by atoms with E-state index < -0.39 is 10.0 Å². The van der Waals surface area contributed by atoms with Crippen LogP contribution in [0.25, 0.3) is 22.2 Å². The highest BCUT2D eigenvalue weighted by molar-refractivity contribution is 7.89. The quantitative estimate of drug-likeness (QED) is 0.509. The Bertz CT molecular complexity index is 1360. The van der Waals surface area contributed by atoms with Gasteiger partial charge >= 0.3 is 0 Å². The summed E-state index contributed by atoms with van der Waals surface area (Å²) in [4.78, 5) is 12.4. The monoisotopic (exact) mass is 425 g/mol. The fraction of sp³-hybridized carbons (Fsp3) is 0.143. The number of hydrogen-bond donors (Lipinski definition) is 1. The lowest BCUT2D eigenvalue weighted by atomic mass is 10.1. The average Bonchev–Trinajstić information content (AvgIpc) is 3.27. The summed E-state index contributed by atoms with van der Waals surface area (Å²) in [6, 6.07) is 14.8. The Balaban J connectivity index is 1.72. The van der Waals surface area contributed by atoms with Gasteiger partial charge < -0.3 is 13.8 Å². The SMILES string of the molecule is COc1ccc(CNS(=O)(=O)c2ccc3cc(=O)n(C)c(-c4ccon4)c3c2)cc1. The number of aromatic nitrogens is 2. The minimum atomic E-state index is -3.79. The molecule has 0 atom stereocenters. The van der Waals surface area contributed by atoms with Gasteiger partial charge in [0.1, 0.15) is 17.7 Å². The molecule has 4 aromatic rings. The summed E-state index contributed by atoms with van der Waals surface area (Å²) in [6.45, 7) is 0.133. The van der Waals surface area contributed by atoms with Crippen LogP contribution in [0, 0.1) is 0 Å². The van der Waals surface area contributed by atoms with Crippen molar-refractivity contribution < 1.29 is 17.7 Å². The first kappa shape index (κ1) is 19.9. The summed E-state index contributed by atoms with van der Waals surface area (Å²) in [5, 5.41) is 5.11. The summed E-state index contributed by atoms with van der Waals surface area (Å²) in [5.41, 5.74) is 1.50. The van der Waals surface area contributed by atoms with Gasteiger partial charge in [-0.15, -0.1) is 0 Å². The molecule has 154 valence electrons. The number of ether oxygens (including phenoxy) is 1. The van der Waals surface area contributed by atoms with E-state index in [-0.39, 0.29) is 17.0 Å². The van der Waals surface area contributed by atoms with Crippen LogP contribution in [-0.2, 0) is 23.6 Å². The minimum Gasteiger partial charge on any atom is -0.497 e. The van der Waals surface area contributed by atoms with Crippen molar-refractivity contribution in [2.75, 3.05) is 7.11 Å². The number of pyridine rings is 1. The Labute approximate surface area is 172 Å². The number of nitrogens with one attached hydrogen (secondary N) is 1. The van der Waals surface area contributed by atoms with Crippen molar-refractivity contribution in [1.82, 2.24) is 14.4 Å². The number of hydrogen-bond acceptors (Lipinski definition) is 6. The molecule has 2 heterocycles. The maximum Gasteiger partial charge on any atom is 0.251 e. The molecule has 0 radical (unpaired) electrons. The van der Waals surface area contributed by atoms with E-state index >= 15 is 0 Å². The fourth-order valence-corrected chi connectivity index (χ4v) is 4.25. The molecule has 4 rings (SSSR count). The van der Waals surface area contributed by atoms with Crippen molar-refractivity contribution in [3.05, 3.63) is 76.8 Å². The smallest absolute Gasteiger partial charge is 0.251 e. The Kier molecular flexibility index (Phi) is 5.15.